The Bertz CT molecular complexity index is 1000. The lowest BCUT2D eigenvalue weighted by molar-refractivity contribution is -0.150. The molecule has 0 aliphatic rings. The summed E-state index contributed by atoms with van der Waals surface area (Å²) in [4.78, 5) is 23.8. The lowest BCUT2D eigenvalue weighted by Crippen LogP contribution is -2.36. The number of amides is 1. The zero-order chi connectivity index (χ0) is 21.4. The van der Waals surface area contributed by atoms with Crippen molar-refractivity contribution in [3.8, 4) is 0 Å². The number of sulfonamides is 1. The molecule has 2 aromatic rings. The minimum Gasteiger partial charge on any atom is -0.449 e. The van der Waals surface area contributed by atoms with Gasteiger partial charge in [0.2, 0.25) is 10.0 Å². The van der Waals surface area contributed by atoms with E-state index in [2.05, 4.69) is 5.32 Å². The molecule has 0 radical (unpaired) electrons. The van der Waals surface area contributed by atoms with Gasteiger partial charge >= 0.3 is 5.97 Å². The number of nitrogens with two attached hydrogens (primary N) is 1. The average Bonchev–Trinajstić information content (AvgIpc) is 2.67. The van der Waals surface area contributed by atoms with Crippen LogP contribution >= 0.6 is 0 Å². The summed E-state index contributed by atoms with van der Waals surface area (Å²) in [6.45, 7) is 1.69. The van der Waals surface area contributed by atoms with Crippen molar-refractivity contribution in [1.82, 2.24) is 5.32 Å². The molecule has 1 atom stereocenters. The molecule has 2 rings (SSSR count). The monoisotopic (exact) mass is 420 g/mol. The van der Waals surface area contributed by atoms with E-state index in [1.54, 1.807) is 18.2 Å². The van der Waals surface area contributed by atoms with Crippen LogP contribution in [-0.4, -0.2) is 32.9 Å². The van der Waals surface area contributed by atoms with Crippen molar-refractivity contribution in [2.75, 3.05) is 6.54 Å². The minimum atomic E-state index is -3.75. The van der Waals surface area contributed by atoms with Crippen molar-refractivity contribution in [3.63, 3.8) is 0 Å². The van der Waals surface area contributed by atoms with Crippen LogP contribution in [0.25, 0.3) is 6.08 Å². The number of esters is 1. The topological polar surface area (TPSA) is 116 Å². The molecule has 1 amide bonds. The number of primary sulfonamides is 1. The number of hydrogen-bond donors (Lipinski definition) is 2. The number of ether oxygens (including phenoxy) is 1. The van der Waals surface area contributed by atoms with Crippen molar-refractivity contribution in [2.45, 2.75) is 24.3 Å². The fourth-order valence-corrected chi connectivity index (χ4v) is 2.87. The summed E-state index contributed by atoms with van der Waals surface area (Å²) in [6.07, 6.45) is 1.74. The number of hydrogen-bond acceptors (Lipinski definition) is 5. The Morgan fingerprint density at radius 1 is 1.17 bits per heavy atom. The highest BCUT2D eigenvalue weighted by Gasteiger charge is 2.16. The molecule has 3 N–H and O–H groups in total. The first kappa shape index (κ1) is 22.3. The van der Waals surface area contributed by atoms with Gasteiger partial charge in [-0.15, -0.1) is 0 Å². The van der Waals surface area contributed by atoms with Crippen LogP contribution in [-0.2, 0) is 30.8 Å². The summed E-state index contributed by atoms with van der Waals surface area (Å²) in [5.41, 5.74) is 1.03. The second-order valence-corrected chi connectivity index (χ2v) is 7.73. The Labute approximate surface area is 168 Å². The van der Waals surface area contributed by atoms with Crippen molar-refractivity contribution in [2.24, 2.45) is 5.14 Å². The second kappa shape index (κ2) is 9.94. The largest absolute Gasteiger partial charge is 0.449 e. The fourth-order valence-electron chi connectivity index (χ4n) is 2.35. The Balaban J connectivity index is 1.78. The predicted octanol–water partition coefficient (Wildman–Crippen LogP) is 1.78. The number of carbonyl (C=O) groups excluding carboxylic acids is 2. The van der Waals surface area contributed by atoms with Gasteiger partial charge in [0.25, 0.3) is 5.91 Å². The van der Waals surface area contributed by atoms with Crippen molar-refractivity contribution in [3.05, 3.63) is 71.6 Å². The molecule has 9 heteroatoms. The van der Waals surface area contributed by atoms with Gasteiger partial charge in [-0.05, 0) is 43.2 Å². The molecule has 29 heavy (non-hydrogen) atoms. The molecular weight excluding hydrogens is 399 g/mol. The highest BCUT2D eigenvalue weighted by Crippen LogP contribution is 2.10. The molecule has 0 aromatic heterocycles. The van der Waals surface area contributed by atoms with Gasteiger partial charge < -0.3 is 10.1 Å². The minimum absolute atomic E-state index is 0.00857. The molecule has 7 nitrogen and oxygen atoms in total. The van der Waals surface area contributed by atoms with Crippen LogP contribution in [0.3, 0.4) is 0 Å². The van der Waals surface area contributed by atoms with Crippen LogP contribution in [0.5, 0.6) is 0 Å². The molecule has 0 bridgehead atoms. The number of benzene rings is 2. The molecule has 2 aromatic carbocycles. The van der Waals surface area contributed by atoms with Gasteiger partial charge in [0.1, 0.15) is 5.82 Å². The number of halogens is 1. The van der Waals surface area contributed by atoms with Gasteiger partial charge in [-0.2, -0.15) is 0 Å². The molecule has 0 aliphatic carbocycles. The maximum Gasteiger partial charge on any atom is 0.331 e. The predicted molar refractivity (Wildman–Crippen MR) is 106 cm³/mol. The zero-order valence-electron chi connectivity index (χ0n) is 15.7. The molecule has 0 heterocycles. The van der Waals surface area contributed by atoms with Gasteiger partial charge in [0, 0.05) is 18.2 Å². The van der Waals surface area contributed by atoms with Crippen molar-refractivity contribution in [1.29, 1.82) is 0 Å². The van der Waals surface area contributed by atoms with Crippen LogP contribution in [0.15, 0.2) is 59.5 Å². The van der Waals surface area contributed by atoms with Crippen molar-refractivity contribution < 1.29 is 27.1 Å². The third kappa shape index (κ3) is 7.13. The summed E-state index contributed by atoms with van der Waals surface area (Å²) in [6, 6.07) is 11.9. The smallest absolute Gasteiger partial charge is 0.331 e. The van der Waals surface area contributed by atoms with E-state index < -0.39 is 33.8 Å². The van der Waals surface area contributed by atoms with Gasteiger partial charge in [-0.3, -0.25) is 4.79 Å². The van der Waals surface area contributed by atoms with Crippen LogP contribution < -0.4 is 10.5 Å². The summed E-state index contributed by atoms with van der Waals surface area (Å²) in [7, 11) is -3.75. The Morgan fingerprint density at radius 3 is 2.45 bits per heavy atom. The van der Waals surface area contributed by atoms with E-state index in [-0.39, 0.29) is 17.0 Å². The van der Waals surface area contributed by atoms with E-state index >= 15 is 0 Å². The number of rotatable bonds is 8. The summed E-state index contributed by atoms with van der Waals surface area (Å²) >= 11 is 0. The van der Waals surface area contributed by atoms with E-state index in [1.165, 1.54) is 43.3 Å². The molecule has 0 saturated carbocycles. The van der Waals surface area contributed by atoms with Crippen molar-refractivity contribution >= 4 is 28.0 Å². The van der Waals surface area contributed by atoms with Gasteiger partial charge in [0.05, 0.1) is 4.90 Å². The first-order valence-corrected chi connectivity index (χ1v) is 10.2. The highest BCUT2D eigenvalue weighted by atomic mass is 32.2. The van der Waals surface area contributed by atoms with E-state index in [1.807, 2.05) is 0 Å². The molecule has 0 fully saturated rings. The lowest BCUT2D eigenvalue weighted by atomic mass is 10.1. The molecule has 154 valence electrons. The first-order valence-electron chi connectivity index (χ1n) is 8.69. The lowest BCUT2D eigenvalue weighted by Gasteiger charge is -2.12. The average molecular weight is 420 g/mol. The summed E-state index contributed by atoms with van der Waals surface area (Å²) in [5.74, 6) is -1.73. The summed E-state index contributed by atoms with van der Waals surface area (Å²) in [5, 5.41) is 7.65. The molecule has 0 unspecified atom stereocenters. The zero-order valence-corrected chi connectivity index (χ0v) is 16.5. The number of carbonyl (C=O) groups is 2. The molecule has 0 saturated heterocycles. The van der Waals surface area contributed by atoms with E-state index in [4.69, 9.17) is 9.88 Å². The Morgan fingerprint density at radius 2 is 1.83 bits per heavy atom. The summed E-state index contributed by atoms with van der Waals surface area (Å²) < 4.78 is 40.9. The van der Waals surface area contributed by atoms with E-state index in [0.717, 1.165) is 11.6 Å². The van der Waals surface area contributed by atoms with E-state index in [0.29, 0.717) is 6.42 Å². The maximum absolute atomic E-state index is 13.5. The van der Waals surface area contributed by atoms with Crippen LogP contribution in [0.1, 0.15) is 18.1 Å². The molecular formula is C20H21FN2O5S. The SMILES string of the molecule is C[C@H](OC(=O)/C=C/c1ccccc1F)C(=O)NCCc1ccc(S(N)(=O)=O)cc1. The maximum atomic E-state index is 13.5. The molecule has 0 spiro atoms. The molecule has 0 aliphatic heterocycles. The second-order valence-electron chi connectivity index (χ2n) is 6.16. The third-order valence-electron chi connectivity index (χ3n) is 3.93. The van der Waals surface area contributed by atoms with Crippen LogP contribution in [0, 0.1) is 5.82 Å². The third-order valence-corrected chi connectivity index (χ3v) is 4.86. The first-order chi connectivity index (χ1) is 13.7. The quantitative estimate of drug-likeness (QED) is 0.499. The Hall–Kier alpha value is -3.04. The highest BCUT2D eigenvalue weighted by molar-refractivity contribution is 7.89. The standard InChI is InChI=1S/C20H21FN2O5S/c1-14(28-19(24)11-8-16-4-2-3-5-18(16)21)20(25)23-13-12-15-6-9-17(10-7-15)29(22,26)27/h2-11,14H,12-13H2,1H3,(H,23,25)(H2,22,26,27)/b11-8+/t14-/m0/s1. The van der Waals surface area contributed by atoms with Gasteiger partial charge in [0.15, 0.2) is 6.10 Å². The number of nitrogens with one attached hydrogen (secondary N) is 1. The van der Waals surface area contributed by atoms with Crippen LogP contribution in [0.4, 0.5) is 4.39 Å². The Kier molecular flexibility index (Phi) is 7.63. The van der Waals surface area contributed by atoms with Gasteiger partial charge in [-0.25, -0.2) is 22.7 Å². The van der Waals surface area contributed by atoms with Gasteiger partial charge in [-0.1, -0.05) is 30.3 Å². The normalized spacial score (nSPS) is 12.5. The van der Waals surface area contributed by atoms with E-state index in [9.17, 15) is 22.4 Å². The van der Waals surface area contributed by atoms with Crippen LogP contribution in [0.2, 0.25) is 0 Å². The fraction of sp³-hybridized carbons (Fsp3) is 0.200.